The summed E-state index contributed by atoms with van der Waals surface area (Å²) in [4.78, 5) is 37.8. The number of methoxy groups -OCH3 is 1. The second kappa shape index (κ2) is 16.4. The highest BCUT2D eigenvalue weighted by atomic mass is 31.2. The lowest BCUT2D eigenvalue weighted by Gasteiger charge is -2.37. The number of ether oxygens (including phenoxy) is 7. The molecule has 0 spiro atoms. The first-order valence-corrected chi connectivity index (χ1v) is 25.7. The van der Waals surface area contributed by atoms with E-state index in [9.17, 15) is 14.2 Å². The summed E-state index contributed by atoms with van der Waals surface area (Å²) >= 11 is 0. The van der Waals surface area contributed by atoms with Crippen LogP contribution < -0.4 is 4.90 Å². The fourth-order valence-electron chi connectivity index (χ4n) is 6.99. The van der Waals surface area contributed by atoms with E-state index < -0.39 is 62.6 Å². The fraction of sp³-hybridized carbons (Fsp3) is 0.778. The first-order valence-electron chi connectivity index (χ1n) is 19.4. The number of amides is 1. The Labute approximate surface area is 334 Å². The number of hydrogen-bond acceptors (Lipinski definition) is 16. The lowest BCUT2D eigenvalue weighted by Crippen LogP contribution is -2.47. The molecule has 316 valence electrons. The van der Waals surface area contributed by atoms with Crippen LogP contribution in [0.1, 0.15) is 76.6 Å². The van der Waals surface area contributed by atoms with Crippen molar-refractivity contribution < 1.29 is 47.3 Å². The molecule has 1 aliphatic carbocycles. The van der Waals surface area contributed by atoms with Crippen molar-refractivity contribution in [2.24, 2.45) is 0 Å². The van der Waals surface area contributed by atoms with Crippen LogP contribution in [0.3, 0.4) is 0 Å². The first-order chi connectivity index (χ1) is 26.6. The van der Waals surface area contributed by atoms with E-state index in [1.807, 2.05) is 0 Å². The summed E-state index contributed by atoms with van der Waals surface area (Å²) in [6.45, 7) is 19.7. The van der Waals surface area contributed by atoms with Crippen LogP contribution in [0.25, 0.3) is 11.0 Å². The molecule has 0 aromatic carbocycles. The van der Waals surface area contributed by atoms with Crippen molar-refractivity contribution in [3.63, 3.8) is 0 Å². The summed E-state index contributed by atoms with van der Waals surface area (Å²) in [7, 11) is -2.86. The Balaban J connectivity index is 1.27. The molecule has 0 unspecified atom stereocenters. The third-order valence-corrected chi connectivity index (χ3v) is 14.3. The molecule has 0 N–H and O–H groups in total. The van der Waals surface area contributed by atoms with Crippen LogP contribution in [0.4, 0.5) is 10.6 Å². The average Bonchev–Trinajstić information content (AvgIpc) is 3.84. The number of fused-ring (bicyclic) bond motifs is 2. The zero-order chi connectivity index (χ0) is 41.6. The van der Waals surface area contributed by atoms with Crippen molar-refractivity contribution >= 4 is 44.4 Å². The van der Waals surface area contributed by atoms with Crippen molar-refractivity contribution in [3.05, 3.63) is 17.8 Å². The number of anilines is 1. The molecule has 0 radical (unpaired) electrons. The molecule has 1 saturated carbocycles. The molecule has 3 aromatic rings. The van der Waals surface area contributed by atoms with Gasteiger partial charge in [0.15, 0.2) is 53.5 Å². The van der Waals surface area contributed by atoms with Crippen LogP contribution in [-0.4, -0.2) is 142 Å². The molecule has 5 atom stereocenters. The van der Waals surface area contributed by atoms with Crippen LogP contribution in [-0.2, 0) is 50.9 Å². The van der Waals surface area contributed by atoms with Crippen molar-refractivity contribution in [2.75, 3.05) is 45.2 Å². The standard InChI is InChI=1S/C36H58N9O10PSi/c1-34(2,3)55-33(47)44(23-13-12-14-23)30-24-18-37-45(31(24)39-27(19-46)38-30)32-29-28(53-35(4,5)54-29)25(52-32)20-51-36(21-49-6,56(7,8)48)17-26-40-42-43(41-26)22-50-15-16-57(9,10)11/h18-19,23,25,28-29,32H,12-17,20-22H2,1-11H3/t25-,28-,29-,32-,36+/m1/s1. The molecule has 2 saturated heterocycles. The molecule has 6 rings (SSSR count). The molecular weight excluding hydrogens is 778 g/mol. The van der Waals surface area contributed by atoms with E-state index in [-0.39, 0.29) is 49.7 Å². The number of hydrogen-bond donors (Lipinski definition) is 0. The highest BCUT2D eigenvalue weighted by Crippen LogP contribution is 2.54. The molecule has 3 aliphatic rings. The van der Waals surface area contributed by atoms with Gasteiger partial charge in [0.1, 0.15) is 31.1 Å². The highest BCUT2D eigenvalue weighted by Gasteiger charge is 2.58. The predicted octanol–water partition coefficient (Wildman–Crippen LogP) is 4.87. The minimum absolute atomic E-state index is 0.0290. The maximum Gasteiger partial charge on any atom is 0.416 e. The lowest BCUT2D eigenvalue weighted by atomic mass is 9.91. The van der Waals surface area contributed by atoms with Gasteiger partial charge in [-0.25, -0.2) is 19.4 Å². The lowest BCUT2D eigenvalue weighted by molar-refractivity contribution is -0.206. The summed E-state index contributed by atoms with van der Waals surface area (Å²) in [6.07, 6.45) is 0.989. The van der Waals surface area contributed by atoms with Gasteiger partial charge in [0, 0.05) is 34.3 Å². The molecule has 2 aliphatic heterocycles. The summed E-state index contributed by atoms with van der Waals surface area (Å²) in [5.41, 5.74) is -0.507. The summed E-state index contributed by atoms with van der Waals surface area (Å²) in [5, 5.41) is 16.6. The van der Waals surface area contributed by atoms with Gasteiger partial charge in [0.25, 0.3) is 0 Å². The molecule has 0 bridgehead atoms. The van der Waals surface area contributed by atoms with Crippen LogP contribution in [0, 0.1) is 0 Å². The van der Waals surface area contributed by atoms with Crippen LogP contribution in [0.5, 0.6) is 0 Å². The van der Waals surface area contributed by atoms with Gasteiger partial charge in [0.05, 0.1) is 24.8 Å². The smallest absolute Gasteiger partial charge is 0.416 e. The Kier molecular flexibility index (Phi) is 12.5. The number of tetrazole rings is 1. The van der Waals surface area contributed by atoms with Crippen molar-refractivity contribution in [3.8, 4) is 0 Å². The van der Waals surface area contributed by atoms with E-state index in [1.165, 1.54) is 21.5 Å². The van der Waals surface area contributed by atoms with Crippen LogP contribution in [0.15, 0.2) is 6.20 Å². The van der Waals surface area contributed by atoms with Gasteiger partial charge in [-0.05, 0) is 78.5 Å². The highest BCUT2D eigenvalue weighted by molar-refractivity contribution is 7.63. The normalized spacial score (nSPS) is 23.6. The molecule has 19 nitrogen and oxygen atoms in total. The molecule has 3 aromatic heterocycles. The number of carbonyl (C=O) groups excluding carboxylic acids is 2. The minimum atomic E-state index is -3.11. The Morgan fingerprint density at radius 2 is 1.86 bits per heavy atom. The molecule has 3 fully saturated rings. The number of rotatable bonds is 17. The van der Waals surface area contributed by atoms with Gasteiger partial charge in [-0.2, -0.15) is 5.10 Å². The maximum absolute atomic E-state index is 14.1. The summed E-state index contributed by atoms with van der Waals surface area (Å²) < 4.78 is 58.9. The van der Waals surface area contributed by atoms with Crippen molar-refractivity contribution in [1.29, 1.82) is 0 Å². The van der Waals surface area contributed by atoms with Gasteiger partial charge in [0.2, 0.25) is 0 Å². The largest absolute Gasteiger partial charge is 0.443 e. The Morgan fingerprint density at radius 1 is 1.14 bits per heavy atom. The zero-order valence-corrected chi connectivity index (χ0v) is 36.9. The second-order valence-corrected chi connectivity index (χ2v) is 27.2. The van der Waals surface area contributed by atoms with E-state index in [2.05, 4.69) is 50.1 Å². The Hall–Kier alpha value is -3.23. The quantitative estimate of drug-likeness (QED) is 0.0769. The van der Waals surface area contributed by atoms with E-state index in [0.717, 1.165) is 25.3 Å². The Morgan fingerprint density at radius 3 is 2.47 bits per heavy atom. The molecule has 1 amide bonds. The first kappa shape index (κ1) is 43.3. The summed E-state index contributed by atoms with van der Waals surface area (Å²) in [5.74, 6) is -0.597. The summed E-state index contributed by atoms with van der Waals surface area (Å²) in [6, 6.07) is 0.833. The van der Waals surface area contributed by atoms with E-state index in [4.69, 9.17) is 33.2 Å². The predicted molar refractivity (Wildman–Crippen MR) is 210 cm³/mol. The van der Waals surface area contributed by atoms with Gasteiger partial charge in [-0.15, -0.1) is 15.0 Å². The van der Waals surface area contributed by atoms with Gasteiger partial charge in [-0.3, -0.25) is 9.69 Å². The molecular formula is C36H58N9O10PSi. The monoisotopic (exact) mass is 835 g/mol. The van der Waals surface area contributed by atoms with Crippen LogP contribution >= 0.6 is 7.14 Å². The van der Waals surface area contributed by atoms with Crippen LogP contribution in [0.2, 0.25) is 25.7 Å². The topological polar surface area (TPSA) is 206 Å². The third-order valence-electron chi connectivity index (χ3n) is 10.2. The molecule has 5 heterocycles. The van der Waals surface area contributed by atoms with Gasteiger partial charge >= 0.3 is 6.09 Å². The van der Waals surface area contributed by atoms with Gasteiger partial charge in [-0.1, -0.05) is 19.6 Å². The minimum Gasteiger partial charge on any atom is -0.443 e. The number of carbonyl (C=O) groups is 2. The number of aromatic nitrogens is 8. The average molecular weight is 836 g/mol. The van der Waals surface area contributed by atoms with Crippen molar-refractivity contribution in [2.45, 2.75) is 140 Å². The third kappa shape index (κ3) is 9.81. The van der Waals surface area contributed by atoms with E-state index in [0.29, 0.717) is 24.1 Å². The van der Waals surface area contributed by atoms with E-state index >= 15 is 0 Å². The maximum atomic E-state index is 14.1. The SMILES string of the molecule is COC[C@@](Cc1nnn(COCC[Si](C)(C)C)n1)(OC[C@H]1O[C@@H](n2ncc3c(N(C(=O)OC(C)(C)C)C4CCC4)nc(C=O)nc32)[C@@H]2OC(C)(C)O[C@@H]21)P(C)(C)=O. The number of aldehydes is 1. The second-order valence-electron chi connectivity index (χ2n) is 18.1. The Bertz CT molecular complexity index is 1960. The van der Waals surface area contributed by atoms with Gasteiger partial charge < -0.3 is 37.7 Å². The van der Waals surface area contributed by atoms with E-state index in [1.54, 1.807) is 54.1 Å². The molecule has 21 heteroatoms. The molecule has 57 heavy (non-hydrogen) atoms. The number of nitrogens with zero attached hydrogens (tertiary/aromatic N) is 9. The van der Waals surface area contributed by atoms with Crippen molar-refractivity contribution in [1.82, 2.24) is 40.0 Å². The fourth-order valence-corrected chi connectivity index (χ4v) is 9.09. The zero-order valence-electron chi connectivity index (χ0n) is 35.0.